The normalized spacial score (nSPS) is 10.2. The van der Waals surface area contributed by atoms with Crippen molar-refractivity contribution in [2.24, 2.45) is 0 Å². The van der Waals surface area contributed by atoms with Crippen LogP contribution >= 0.6 is 27.7 Å². The zero-order valence-electron chi connectivity index (χ0n) is 11.0. The van der Waals surface area contributed by atoms with Crippen LogP contribution in [0.15, 0.2) is 33.9 Å². The standard InChI is InChI=1S/C12H12BrN5O2S/c1-7-14-12(18-17-7)21-6-10(19)16-11(20)15-9-4-2-8(13)3-5-9/h2-5H,6H2,1H3,(H,14,17,18)(H2,15,16,19,20). The summed E-state index contributed by atoms with van der Waals surface area (Å²) in [6.07, 6.45) is 0. The number of amides is 3. The van der Waals surface area contributed by atoms with Gasteiger partial charge in [-0.15, -0.1) is 5.10 Å². The molecule has 0 aliphatic heterocycles. The van der Waals surface area contributed by atoms with Crippen molar-refractivity contribution in [1.29, 1.82) is 0 Å². The van der Waals surface area contributed by atoms with Crippen LogP contribution in [0.1, 0.15) is 5.82 Å². The van der Waals surface area contributed by atoms with Crippen LogP contribution in [0, 0.1) is 6.92 Å². The van der Waals surface area contributed by atoms with Gasteiger partial charge in [-0.3, -0.25) is 15.2 Å². The van der Waals surface area contributed by atoms with E-state index in [9.17, 15) is 9.59 Å². The summed E-state index contributed by atoms with van der Waals surface area (Å²) in [4.78, 5) is 27.3. The number of hydrogen-bond donors (Lipinski definition) is 3. The number of halogens is 1. The Kier molecular flexibility index (Phi) is 5.34. The molecule has 0 saturated carbocycles. The van der Waals surface area contributed by atoms with Crippen LogP contribution in [0.3, 0.4) is 0 Å². The number of carbonyl (C=O) groups is 2. The van der Waals surface area contributed by atoms with Gasteiger partial charge in [0.05, 0.1) is 5.75 Å². The number of aryl methyl sites for hydroxylation is 1. The van der Waals surface area contributed by atoms with Crippen molar-refractivity contribution in [3.05, 3.63) is 34.6 Å². The molecular formula is C12H12BrN5O2S. The second-order valence-electron chi connectivity index (χ2n) is 4.00. The predicted molar refractivity (Wildman–Crippen MR) is 83.1 cm³/mol. The Bertz CT molecular complexity index is 643. The number of carbonyl (C=O) groups excluding carboxylic acids is 2. The minimum absolute atomic E-state index is 0.0606. The Balaban J connectivity index is 1.76. The molecule has 7 nitrogen and oxygen atoms in total. The van der Waals surface area contributed by atoms with E-state index in [4.69, 9.17) is 0 Å². The minimum Gasteiger partial charge on any atom is -0.308 e. The highest BCUT2D eigenvalue weighted by Gasteiger charge is 2.10. The number of nitrogens with zero attached hydrogens (tertiary/aromatic N) is 2. The summed E-state index contributed by atoms with van der Waals surface area (Å²) < 4.78 is 0.905. The molecule has 0 fully saturated rings. The fraction of sp³-hybridized carbons (Fsp3) is 0.167. The van der Waals surface area contributed by atoms with Crippen LogP contribution in [0.25, 0.3) is 0 Å². The number of anilines is 1. The van der Waals surface area contributed by atoms with Gasteiger partial charge >= 0.3 is 6.03 Å². The highest BCUT2D eigenvalue weighted by atomic mass is 79.9. The number of imide groups is 1. The Morgan fingerprint density at radius 3 is 2.67 bits per heavy atom. The molecule has 9 heteroatoms. The summed E-state index contributed by atoms with van der Waals surface area (Å²) in [5.74, 6) is 0.313. The molecule has 1 heterocycles. The number of hydrogen-bond acceptors (Lipinski definition) is 5. The third-order valence-corrected chi connectivity index (χ3v) is 3.64. The quantitative estimate of drug-likeness (QED) is 0.718. The number of benzene rings is 1. The van der Waals surface area contributed by atoms with Gasteiger partial charge in [-0.05, 0) is 31.2 Å². The molecule has 0 atom stereocenters. The maximum Gasteiger partial charge on any atom is 0.325 e. The molecule has 1 aromatic heterocycles. The Morgan fingerprint density at radius 1 is 1.33 bits per heavy atom. The molecule has 0 aliphatic carbocycles. The Morgan fingerprint density at radius 2 is 2.05 bits per heavy atom. The SMILES string of the molecule is Cc1nc(SCC(=O)NC(=O)Nc2ccc(Br)cc2)n[nH]1. The van der Waals surface area contributed by atoms with Crippen molar-refractivity contribution in [3.8, 4) is 0 Å². The minimum atomic E-state index is -0.575. The first-order valence-corrected chi connectivity index (χ1v) is 7.69. The van der Waals surface area contributed by atoms with E-state index in [1.54, 1.807) is 31.2 Å². The van der Waals surface area contributed by atoms with Gasteiger partial charge in [0.15, 0.2) is 0 Å². The Hall–Kier alpha value is -1.87. The van der Waals surface area contributed by atoms with E-state index in [0.717, 1.165) is 16.2 Å². The summed E-state index contributed by atoms with van der Waals surface area (Å²) in [5, 5.41) is 11.8. The van der Waals surface area contributed by atoms with Crippen molar-refractivity contribution in [1.82, 2.24) is 20.5 Å². The molecule has 2 aromatic rings. The molecule has 0 unspecified atom stereocenters. The molecule has 3 amide bonds. The van der Waals surface area contributed by atoms with E-state index in [1.165, 1.54) is 0 Å². The molecule has 0 saturated heterocycles. The third kappa shape index (κ3) is 5.20. The summed E-state index contributed by atoms with van der Waals surface area (Å²) in [7, 11) is 0. The largest absolute Gasteiger partial charge is 0.325 e. The number of urea groups is 1. The van der Waals surface area contributed by atoms with Crippen molar-refractivity contribution in [2.45, 2.75) is 12.1 Å². The summed E-state index contributed by atoms with van der Waals surface area (Å²) in [6, 6.07) is 6.45. The zero-order valence-corrected chi connectivity index (χ0v) is 13.4. The van der Waals surface area contributed by atoms with Gasteiger partial charge in [-0.1, -0.05) is 27.7 Å². The first kappa shape index (κ1) is 15.5. The number of aromatic amines is 1. The topological polar surface area (TPSA) is 99.8 Å². The van der Waals surface area contributed by atoms with E-state index >= 15 is 0 Å². The second kappa shape index (κ2) is 7.23. The molecule has 21 heavy (non-hydrogen) atoms. The van der Waals surface area contributed by atoms with Crippen LogP contribution in [0.5, 0.6) is 0 Å². The number of rotatable bonds is 4. The molecule has 0 aliphatic rings. The predicted octanol–water partition coefficient (Wildman–Crippen LogP) is 2.32. The number of thioether (sulfide) groups is 1. The zero-order chi connectivity index (χ0) is 15.2. The average molecular weight is 370 g/mol. The van der Waals surface area contributed by atoms with Gasteiger partial charge in [0.1, 0.15) is 5.82 Å². The van der Waals surface area contributed by atoms with E-state index in [2.05, 4.69) is 41.7 Å². The van der Waals surface area contributed by atoms with E-state index in [-0.39, 0.29) is 5.75 Å². The number of aromatic nitrogens is 3. The maximum absolute atomic E-state index is 11.6. The van der Waals surface area contributed by atoms with Crippen LogP contribution in [-0.2, 0) is 4.79 Å². The molecule has 110 valence electrons. The molecule has 1 aromatic carbocycles. The maximum atomic E-state index is 11.6. The van der Waals surface area contributed by atoms with E-state index in [1.807, 2.05) is 0 Å². The van der Waals surface area contributed by atoms with Gasteiger partial charge in [0, 0.05) is 10.2 Å². The second-order valence-corrected chi connectivity index (χ2v) is 5.86. The lowest BCUT2D eigenvalue weighted by molar-refractivity contribution is -0.117. The fourth-order valence-electron chi connectivity index (χ4n) is 1.38. The fourth-order valence-corrected chi connectivity index (χ4v) is 2.28. The lowest BCUT2D eigenvalue weighted by Gasteiger charge is -2.06. The van der Waals surface area contributed by atoms with Crippen molar-refractivity contribution in [2.75, 3.05) is 11.1 Å². The first-order chi connectivity index (χ1) is 10.0. The van der Waals surface area contributed by atoms with Crippen molar-refractivity contribution >= 4 is 45.3 Å². The van der Waals surface area contributed by atoms with E-state index < -0.39 is 11.9 Å². The molecule has 3 N–H and O–H groups in total. The number of nitrogens with one attached hydrogen (secondary N) is 3. The van der Waals surface area contributed by atoms with Gasteiger partial charge in [-0.25, -0.2) is 9.78 Å². The number of H-pyrrole nitrogens is 1. The lowest BCUT2D eigenvalue weighted by atomic mass is 10.3. The van der Waals surface area contributed by atoms with Crippen LogP contribution in [0.2, 0.25) is 0 Å². The highest BCUT2D eigenvalue weighted by molar-refractivity contribution is 9.10. The summed E-state index contributed by atoms with van der Waals surface area (Å²) in [6.45, 7) is 1.77. The van der Waals surface area contributed by atoms with Crippen molar-refractivity contribution in [3.63, 3.8) is 0 Å². The van der Waals surface area contributed by atoms with Crippen LogP contribution < -0.4 is 10.6 Å². The first-order valence-electron chi connectivity index (χ1n) is 5.91. The van der Waals surface area contributed by atoms with Crippen LogP contribution in [-0.4, -0.2) is 32.9 Å². The molecular weight excluding hydrogens is 358 g/mol. The lowest BCUT2D eigenvalue weighted by Crippen LogP contribution is -2.35. The summed E-state index contributed by atoms with van der Waals surface area (Å²) in [5.41, 5.74) is 0.598. The molecule has 2 rings (SSSR count). The average Bonchev–Trinajstić information content (AvgIpc) is 2.85. The Labute approximate surface area is 133 Å². The monoisotopic (exact) mass is 369 g/mol. The van der Waals surface area contributed by atoms with Gasteiger partial charge in [0.2, 0.25) is 11.1 Å². The van der Waals surface area contributed by atoms with E-state index in [0.29, 0.717) is 16.7 Å². The van der Waals surface area contributed by atoms with Gasteiger partial charge < -0.3 is 5.32 Å². The molecule has 0 radical (unpaired) electrons. The molecule has 0 spiro atoms. The van der Waals surface area contributed by atoms with Gasteiger partial charge in [0.25, 0.3) is 0 Å². The van der Waals surface area contributed by atoms with Crippen LogP contribution in [0.4, 0.5) is 10.5 Å². The summed E-state index contributed by atoms with van der Waals surface area (Å²) >= 11 is 4.44. The smallest absolute Gasteiger partial charge is 0.308 e. The van der Waals surface area contributed by atoms with Crippen molar-refractivity contribution < 1.29 is 9.59 Å². The van der Waals surface area contributed by atoms with Gasteiger partial charge in [-0.2, -0.15) is 0 Å². The third-order valence-electron chi connectivity index (χ3n) is 2.26. The molecule has 0 bridgehead atoms. The highest BCUT2D eigenvalue weighted by Crippen LogP contribution is 2.14.